The average Bonchev–Trinajstić information content (AvgIpc) is 2.66. The van der Waals surface area contributed by atoms with E-state index in [1.54, 1.807) is 6.07 Å². The maximum Gasteiger partial charge on any atom is 0.317 e. The molecule has 2 atom stereocenters. The molecule has 2 aromatic carbocycles. The second kappa shape index (κ2) is 8.37. The van der Waals surface area contributed by atoms with Crippen LogP contribution in [-0.2, 0) is 16.1 Å². The summed E-state index contributed by atoms with van der Waals surface area (Å²) in [6.07, 6.45) is 0. The van der Waals surface area contributed by atoms with Crippen LogP contribution in [0.15, 0.2) is 60.8 Å². The van der Waals surface area contributed by atoms with Crippen LogP contribution in [0.2, 0.25) is 5.02 Å². The van der Waals surface area contributed by atoms with Gasteiger partial charge in [-0.05, 0) is 29.4 Å². The maximum absolute atomic E-state index is 12.8. The van der Waals surface area contributed by atoms with E-state index in [9.17, 15) is 14.9 Å². The number of carbonyl (C=O) groups excluding carboxylic acids is 1. The Morgan fingerprint density at radius 2 is 2.00 bits per heavy atom. The number of ether oxygens (including phenoxy) is 1. The normalized spacial score (nSPS) is 18.8. The summed E-state index contributed by atoms with van der Waals surface area (Å²) in [6, 6.07) is 12.9. The van der Waals surface area contributed by atoms with Gasteiger partial charge in [-0.15, -0.1) is 0 Å². The number of nitrogens with one attached hydrogen (secondary N) is 2. The third-order valence-electron chi connectivity index (χ3n) is 4.27. The van der Waals surface area contributed by atoms with Crippen LogP contribution in [0.1, 0.15) is 17.2 Å². The second-order valence-electron chi connectivity index (χ2n) is 6.14. The predicted octanol–water partition coefficient (Wildman–Crippen LogP) is 3.64. The smallest absolute Gasteiger partial charge is 0.317 e. The minimum atomic E-state index is -0.837. The van der Waals surface area contributed by atoms with Gasteiger partial charge in [-0.1, -0.05) is 54.6 Å². The lowest BCUT2D eigenvalue weighted by molar-refractivity contribution is -0.384. The van der Waals surface area contributed by atoms with Gasteiger partial charge in [0.15, 0.2) is 5.11 Å². The Bertz CT molecular complexity index is 951. The Morgan fingerprint density at radius 3 is 2.68 bits per heavy atom. The summed E-state index contributed by atoms with van der Waals surface area (Å²) in [5, 5.41) is 17.3. The second-order valence-corrected chi connectivity index (χ2v) is 6.96. The third kappa shape index (κ3) is 4.29. The summed E-state index contributed by atoms with van der Waals surface area (Å²) < 4.78 is 5.44. The predicted molar refractivity (Wildman–Crippen MR) is 109 cm³/mol. The van der Waals surface area contributed by atoms with Gasteiger partial charge in [0, 0.05) is 11.8 Å². The maximum atomic E-state index is 12.8. The van der Waals surface area contributed by atoms with Gasteiger partial charge in [-0.3, -0.25) is 14.9 Å². The standard InChI is InChI=1S/C19H16ClN3O4S/c1-11-16(18(24)27-10-12-5-3-2-4-6-12)17(22-19(28)21-11)13-7-8-14(20)15(9-13)23(25)26/h2-9,16-17H,1,10H2,(H2,21,22,28)/t16-,17+/m1/s1. The number of rotatable bonds is 5. The lowest BCUT2D eigenvalue weighted by Gasteiger charge is -2.34. The SMILES string of the molecule is C=C1NC(=S)N[C@@H](c2ccc(Cl)c([N+](=O)[O-])c2)[C@@H]1C(=O)OCc1ccccc1. The van der Waals surface area contributed by atoms with Gasteiger partial charge in [0.2, 0.25) is 0 Å². The van der Waals surface area contributed by atoms with Gasteiger partial charge in [-0.25, -0.2) is 0 Å². The molecule has 1 heterocycles. The topological polar surface area (TPSA) is 93.5 Å². The molecule has 0 aliphatic carbocycles. The molecule has 1 aliphatic rings. The first-order chi connectivity index (χ1) is 13.4. The minimum Gasteiger partial charge on any atom is -0.460 e. The summed E-state index contributed by atoms with van der Waals surface area (Å²) in [4.78, 5) is 23.4. The Kier molecular flexibility index (Phi) is 5.91. The van der Waals surface area contributed by atoms with Gasteiger partial charge < -0.3 is 15.4 Å². The quantitative estimate of drug-likeness (QED) is 0.332. The van der Waals surface area contributed by atoms with Gasteiger partial charge in [0.25, 0.3) is 5.69 Å². The van der Waals surface area contributed by atoms with Gasteiger partial charge in [0.1, 0.15) is 17.5 Å². The number of benzene rings is 2. The van der Waals surface area contributed by atoms with E-state index in [4.69, 9.17) is 28.6 Å². The van der Waals surface area contributed by atoms with Crippen LogP contribution in [0, 0.1) is 16.0 Å². The van der Waals surface area contributed by atoms with Gasteiger partial charge in [0.05, 0.1) is 11.0 Å². The molecule has 0 saturated carbocycles. The fourth-order valence-electron chi connectivity index (χ4n) is 2.92. The van der Waals surface area contributed by atoms with E-state index in [1.807, 2.05) is 30.3 Å². The summed E-state index contributed by atoms with van der Waals surface area (Å²) in [5.41, 5.74) is 1.41. The minimum absolute atomic E-state index is 0.00675. The largest absolute Gasteiger partial charge is 0.460 e. The van der Waals surface area contributed by atoms with Crippen LogP contribution in [-0.4, -0.2) is 16.0 Å². The fraction of sp³-hybridized carbons (Fsp3) is 0.158. The highest BCUT2D eigenvalue weighted by molar-refractivity contribution is 7.80. The number of hydrogen-bond donors (Lipinski definition) is 2. The molecule has 1 saturated heterocycles. The zero-order chi connectivity index (χ0) is 20.3. The van der Waals surface area contributed by atoms with Crippen molar-refractivity contribution in [2.75, 3.05) is 0 Å². The van der Waals surface area contributed by atoms with Crippen LogP contribution < -0.4 is 10.6 Å². The molecule has 28 heavy (non-hydrogen) atoms. The molecule has 2 aromatic rings. The number of thiocarbonyl (C=S) groups is 1. The molecular formula is C19H16ClN3O4S. The van der Waals surface area contributed by atoms with Crippen LogP contribution in [0.5, 0.6) is 0 Å². The lowest BCUT2D eigenvalue weighted by Crippen LogP contribution is -2.50. The third-order valence-corrected chi connectivity index (χ3v) is 4.81. The molecule has 0 unspecified atom stereocenters. The Hall–Kier alpha value is -2.97. The molecule has 7 nitrogen and oxygen atoms in total. The molecule has 0 radical (unpaired) electrons. The number of esters is 1. The van der Waals surface area contributed by atoms with E-state index in [0.717, 1.165) is 5.56 Å². The van der Waals surface area contributed by atoms with E-state index in [-0.39, 0.29) is 22.4 Å². The van der Waals surface area contributed by atoms with Crippen LogP contribution >= 0.6 is 23.8 Å². The van der Waals surface area contributed by atoms with Gasteiger partial charge in [-0.2, -0.15) is 0 Å². The molecule has 0 spiro atoms. The number of halogens is 1. The summed E-state index contributed by atoms with van der Waals surface area (Å²) in [6.45, 7) is 3.97. The monoisotopic (exact) mass is 417 g/mol. The number of hydrogen-bond acceptors (Lipinski definition) is 5. The van der Waals surface area contributed by atoms with Crippen molar-refractivity contribution in [1.82, 2.24) is 10.6 Å². The number of carbonyl (C=O) groups is 1. The molecule has 1 fully saturated rings. The first-order valence-corrected chi connectivity index (χ1v) is 9.06. The highest BCUT2D eigenvalue weighted by Gasteiger charge is 2.38. The van der Waals surface area contributed by atoms with Crippen molar-refractivity contribution in [3.8, 4) is 0 Å². The van der Waals surface area contributed by atoms with Crippen LogP contribution in [0.4, 0.5) is 5.69 Å². The van der Waals surface area contributed by atoms with Gasteiger partial charge >= 0.3 is 5.97 Å². The highest BCUT2D eigenvalue weighted by atomic mass is 35.5. The van der Waals surface area contributed by atoms with Crippen molar-refractivity contribution in [2.45, 2.75) is 12.6 Å². The molecule has 0 bridgehead atoms. The molecule has 0 amide bonds. The Balaban J connectivity index is 1.87. The first-order valence-electron chi connectivity index (χ1n) is 8.27. The first kappa shape index (κ1) is 19.8. The van der Waals surface area contributed by atoms with E-state index >= 15 is 0 Å². The zero-order valence-electron chi connectivity index (χ0n) is 14.6. The van der Waals surface area contributed by atoms with E-state index in [0.29, 0.717) is 11.3 Å². The lowest BCUT2D eigenvalue weighted by atomic mass is 9.89. The molecule has 3 rings (SSSR count). The zero-order valence-corrected chi connectivity index (χ0v) is 16.1. The number of nitrogens with zero attached hydrogens (tertiary/aromatic N) is 1. The van der Waals surface area contributed by atoms with Crippen molar-refractivity contribution in [1.29, 1.82) is 0 Å². The summed E-state index contributed by atoms with van der Waals surface area (Å²) in [7, 11) is 0. The van der Waals surface area contributed by atoms with Crippen molar-refractivity contribution < 1.29 is 14.5 Å². The van der Waals surface area contributed by atoms with Crippen molar-refractivity contribution >= 4 is 40.6 Å². The molecule has 144 valence electrons. The van der Waals surface area contributed by atoms with E-state index < -0.39 is 22.9 Å². The van der Waals surface area contributed by atoms with Crippen molar-refractivity contribution in [3.63, 3.8) is 0 Å². The molecule has 0 aromatic heterocycles. The molecular weight excluding hydrogens is 402 g/mol. The summed E-state index contributed by atoms with van der Waals surface area (Å²) >= 11 is 11.1. The van der Waals surface area contributed by atoms with Crippen LogP contribution in [0.25, 0.3) is 0 Å². The number of nitro groups is 1. The van der Waals surface area contributed by atoms with Crippen molar-refractivity contribution in [2.24, 2.45) is 5.92 Å². The summed E-state index contributed by atoms with van der Waals surface area (Å²) in [5.74, 6) is -1.37. The average molecular weight is 418 g/mol. The van der Waals surface area contributed by atoms with E-state index in [2.05, 4.69) is 17.2 Å². The van der Waals surface area contributed by atoms with Crippen LogP contribution in [0.3, 0.4) is 0 Å². The fourth-order valence-corrected chi connectivity index (χ4v) is 3.37. The Labute approximate surface area is 171 Å². The van der Waals surface area contributed by atoms with E-state index in [1.165, 1.54) is 12.1 Å². The number of nitro benzene ring substituents is 1. The molecule has 1 aliphatic heterocycles. The highest BCUT2D eigenvalue weighted by Crippen LogP contribution is 2.34. The molecule has 9 heteroatoms. The van der Waals surface area contributed by atoms with Crippen molar-refractivity contribution in [3.05, 3.63) is 87.1 Å². The Morgan fingerprint density at radius 1 is 1.29 bits per heavy atom. The molecule has 2 N–H and O–H groups in total.